The van der Waals surface area contributed by atoms with Crippen molar-refractivity contribution in [2.45, 2.75) is 19.4 Å². The van der Waals surface area contributed by atoms with Gasteiger partial charge in [0.1, 0.15) is 5.52 Å². The molecule has 0 fully saturated rings. The number of nitrogens with one attached hydrogen (secondary N) is 1. The van der Waals surface area contributed by atoms with Crippen molar-refractivity contribution in [2.75, 3.05) is 7.05 Å². The van der Waals surface area contributed by atoms with Crippen LogP contribution in [0.25, 0.3) is 11.1 Å². The Balaban J connectivity index is 1.91. The number of oxazole rings is 1. The lowest BCUT2D eigenvalue weighted by Crippen LogP contribution is -2.20. The molecule has 0 aliphatic rings. The van der Waals surface area contributed by atoms with E-state index in [0.717, 1.165) is 22.0 Å². The zero-order valence-corrected chi connectivity index (χ0v) is 12.8. The van der Waals surface area contributed by atoms with Crippen molar-refractivity contribution in [1.29, 1.82) is 0 Å². The Morgan fingerprint density at radius 1 is 1.24 bits per heavy atom. The number of aryl methyl sites for hydroxylation is 1. The summed E-state index contributed by atoms with van der Waals surface area (Å²) in [7, 11) is 1.94. The van der Waals surface area contributed by atoms with E-state index in [1.165, 1.54) is 11.1 Å². The first-order chi connectivity index (χ1) is 10.2. The summed E-state index contributed by atoms with van der Waals surface area (Å²) in [5.41, 5.74) is 4.09. The molecule has 3 nitrogen and oxygen atoms in total. The summed E-state index contributed by atoms with van der Waals surface area (Å²) in [5.74, 6) is 0.731. The fraction of sp³-hybridized carbons (Fsp3) is 0.235. The highest BCUT2D eigenvalue weighted by Crippen LogP contribution is 2.26. The molecule has 0 saturated heterocycles. The molecule has 0 bridgehead atoms. The maximum atomic E-state index is 6.12. The number of halogens is 1. The molecule has 0 saturated carbocycles. The molecule has 108 valence electrons. The van der Waals surface area contributed by atoms with E-state index in [9.17, 15) is 0 Å². The number of likely N-dealkylation sites (N-methyl/N-ethyl adjacent to an activating group) is 1. The Hall–Kier alpha value is -1.84. The highest BCUT2D eigenvalue weighted by atomic mass is 35.5. The van der Waals surface area contributed by atoms with E-state index >= 15 is 0 Å². The number of para-hydroxylation sites is 2. The highest BCUT2D eigenvalue weighted by Gasteiger charge is 2.16. The molecule has 1 atom stereocenters. The Morgan fingerprint density at radius 3 is 2.81 bits per heavy atom. The van der Waals surface area contributed by atoms with Crippen LogP contribution < -0.4 is 5.32 Å². The van der Waals surface area contributed by atoms with Gasteiger partial charge in [0.2, 0.25) is 0 Å². The van der Waals surface area contributed by atoms with Crippen LogP contribution in [0, 0.1) is 6.92 Å². The minimum absolute atomic E-state index is 0.122. The summed E-state index contributed by atoms with van der Waals surface area (Å²) in [6, 6.07) is 13.9. The van der Waals surface area contributed by atoms with Gasteiger partial charge in [0.15, 0.2) is 11.5 Å². The van der Waals surface area contributed by atoms with E-state index in [1.807, 2.05) is 49.5 Å². The maximum absolute atomic E-state index is 6.12. The Labute approximate surface area is 128 Å². The molecule has 4 heteroatoms. The van der Waals surface area contributed by atoms with Gasteiger partial charge in [-0.15, -0.1) is 0 Å². The van der Waals surface area contributed by atoms with Gasteiger partial charge in [-0.05, 0) is 49.4 Å². The number of fused-ring (bicyclic) bond motifs is 1. The van der Waals surface area contributed by atoms with E-state index in [2.05, 4.69) is 17.2 Å². The number of benzene rings is 2. The lowest BCUT2D eigenvalue weighted by molar-refractivity contribution is 0.473. The molecule has 0 spiro atoms. The third kappa shape index (κ3) is 2.94. The summed E-state index contributed by atoms with van der Waals surface area (Å²) >= 11 is 6.12. The van der Waals surface area contributed by atoms with Crippen LogP contribution in [0.4, 0.5) is 0 Å². The van der Waals surface area contributed by atoms with Gasteiger partial charge in [-0.1, -0.05) is 29.8 Å². The number of hydrogen-bond donors (Lipinski definition) is 1. The standard InChI is InChI=1S/C17H17ClN2O/c1-11-7-8-12(18)9-13(11)15(19-2)10-17-20-14-5-3-4-6-16(14)21-17/h3-9,15,19H,10H2,1-2H3. The molecule has 0 aliphatic heterocycles. The number of nitrogens with zero attached hydrogens (tertiary/aromatic N) is 1. The summed E-state index contributed by atoms with van der Waals surface area (Å²) in [6.45, 7) is 2.09. The monoisotopic (exact) mass is 300 g/mol. The lowest BCUT2D eigenvalue weighted by atomic mass is 9.99. The van der Waals surface area contributed by atoms with Crippen molar-refractivity contribution < 1.29 is 4.42 Å². The molecule has 0 aliphatic carbocycles. The van der Waals surface area contributed by atoms with Crippen molar-refractivity contribution >= 4 is 22.7 Å². The van der Waals surface area contributed by atoms with Crippen molar-refractivity contribution in [3.63, 3.8) is 0 Å². The predicted molar refractivity (Wildman–Crippen MR) is 85.7 cm³/mol. The zero-order valence-electron chi connectivity index (χ0n) is 12.1. The van der Waals surface area contributed by atoms with Gasteiger partial charge in [0.25, 0.3) is 0 Å². The van der Waals surface area contributed by atoms with Gasteiger partial charge in [-0.3, -0.25) is 0 Å². The largest absolute Gasteiger partial charge is 0.441 e. The third-order valence-corrected chi connectivity index (χ3v) is 3.92. The van der Waals surface area contributed by atoms with Crippen LogP contribution in [-0.2, 0) is 6.42 Å². The van der Waals surface area contributed by atoms with E-state index < -0.39 is 0 Å². The van der Waals surface area contributed by atoms with Gasteiger partial charge in [0.05, 0.1) is 0 Å². The van der Waals surface area contributed by atoms with Crippen LogP contribution in [0.5, 0.6) is 0 Å². The average Bonchev–Trinajstić information content (AvgIpc) is 2.90. The molecule has 1 aromatic heterocycles. The quantitative estimate of drug-likeness (QED) is 0.781. The molecular formula is C17H17ClN2O. The second-order valence-electron chi connectivity index (χ2n) is 5.12. The fourth-order valence-electron chi connectivity index (χ4n) is 2.54. The van der Waals surface area contributed by atoms with Gasteiger partial charge in [-0.2, -0.15) is 0 Å². The van der Waals surface area contributed by atoms with Gasteiger partial charge < -0.3 is 9.73 Å². The van der Waals surface area contributed by atoms with Gasteiger partial charge in [-0.25, -0.2) is 4.98 Å². The molecule has 1 unspecified atom stereocenters. The second-order valence-corrected chi connectivity index (χ2v) is 5.56. The van der Waals surface area contributed by atoms with Crippen molar-refractivity contribution in [3.05, 3.63) is 64.5 Å². The molecular weight excluding hydrogens is 284 g/mol. The molecule has 3 rings (SSSR count). The number of aromatic nitrogens is 1. The van der Waals surface area contributed by atoms with Crippen molar-refractivity contribution in [2.24, 2.45) is 0 Å². The molecule has 21 heavy (non-hydrogen) atoms. The minimum atomic E-state index is 0.122. The second kappa shape index (κ2) is 5.88. The normalized spacial score (nSPS) is 12.7. The molecule has 2 aromatic carbocycles. The van der Waals surface area contributed by atoms with Crippen LogP contribution in [0.1, 0.15) is 23.1 Å². The molecule has 0 amide bonds. The van der Waals surface area contributed by atoms with Crippen LogP contribution in [0.15, 0.2) is 46.9 Å². The molecule has 0 radical (unpaired) electrons. The minimum Gasteiger partial charge on any atom is -0.441 e. The summed E-state index contributed by atoms with van der Waals surface area (Å²) in [4.78, 5) is 4.54. The summed E-state index contributed by atoms with van der Waals surface area (Å²) < 4.78 is 5.81. The SMILES string of the molecule is CNC(Cc1nc2ccccc2o1)c1cc(Cl)ccc1C. The Bertz CT molecular complexity index is 733. The van der Waals surface area contributed by atoms with E-state index in [-0.39, 0.29) is 6.04 Å². The number of hydrogen-bond acceptors (Lipinski definition) is 3. The van der Waals surface area contributed by atoms with Gasteiger partial charge in [0, 0.05) is 17.5 Å². The number of rotatable bonds is 4. The Kier molecular flexibility index (Phi) is 3.95. The average molecular weight is 301 g/mol. The van der Waals surface area contributed by atoms with Crippen LogP contribution in [-0.4, -0.2) is 12.0 Å². The van der Waals surface area contributed by atoms with Crippen molar-refractivity contribution in [1.82, 2.24) is 10.3 Å². The molecule has 3 aromatic rings. The van der Waals surface area contributed by atoms with Crippen LogP contribution in [0.3, 0.4) is 0 Å². The smallest absolute Gasteiger partial charge is 0.197 e. The molecule has 1 N–H and O–H groups in total. The molecule has 1 heterocycles. The summed E-state index contributed by atoms with van der Waals surface area (Å²) in [6.07, 6.45) is 0.687. The van der Waals surface area contributed by atoms with Crippen LogP contribution in [0.2, 0.25) is 5.02 Å². The third-order valence-electron chi connectivity index (χ3n) is 3.68. The topological polar surface area (TPSA) is 38.1 Å². The maximum Gasteiger partial charge on any atom is 0.197 e. The highest BCUT2D eigenvalue weighted by molar-refractivity contribution is 6.30. The van der Waals surface area contributed by atoms with Crippen LogP contribution >= 0.6 is 11.6 Å². The first-order valence-electron chi connectivity index (χ1n) is 6.95. The first-order valence-corrected chi connectivity index (χ1v) is 7.33. The fourth-order valence-corrected chi connectivity index (χ4v) is 2.72. The zero-order chi connectivity index (χ0) is 14.8. The predicted octanol–water partition coefficient (Wildman–Crippen LogP) is 4.29. The van der Waals surface area contributed by atoms with E-state index in [0.29, 0.717) is 6.42 Å². The summed E-state index contributed by atoms with van der Waals surface area (Å²) in [5, 5.41) is 4.06. The lowest BCUT2D eigenvalue weighted by Gasteiger charge is -2.17. The van der Waals surface area contributed by atoms with Crippen molar-refractivity contribution in [3.8, 4) is 0 Å². The van der Waals surface area contributed by atoms with Gasteiger partial charge >= 0.3 is 0 Å². The van der Waals surface area contributed by atoms with E-state index in [1.54, 1.807) is 0 Å². The first kappa shape index (κ1) is 14.1. The van der Waals surface area contributed by atoms with E-state index in [4.69, 9.17) is 16.0 Å². The Morgan fingerprint density at radius 2 is 2.05 bits per heavy atom.